The lowest BCUT2D eigenvalue weighted by Crippen LogP contribution is -2.49. The van der Waals surface area contributed by atoms with Gasteiger partial charge in [-0.15, -0.1) is 11.3 Å². The zero-order chi connectivity index (χ0) is 12.5. The quantitative estimate of drug-likeness (QED) is 0.862. The molecule has 5 heteroatoms. The van der Waals surface area contributed by atoms with E-state index in [2.05, 4.69) is 15.6 Å². The minimum Gasteiger partial charge on any atom is -0.304 e. The maximum absolute atomic E-state index is 12.0. The van der Waals surface area contributed by atoms with Crippen molar-refractivity contribution in [2.45, 2.75) is 45.6 Å². The Morgan fingerprint density at radius 2 is 2.24 bits per heavy atom. The highest BCUT2D eigenvalue weighted by molar-refractivity contribution is 7.15. The summed E-state index contributed by atoms with van der Waals surface area (Å²) in [6.07, 6.45) is 3.36. The molecular formula is C12H19N3OS. The van der Waals surface area contributed by atoms with Crippen molar-refractivity contribution in [3.63, 3.8) is 0 Å². The molecule has 1 aromatic heterocycles. The number of carbonyl (C=O) groups excluding carboxylic acids is 1. The highest BCUT2D eigenvalue weighted by atomic mass is 32.1. The third-order valence-corrected chi connectivity index (χ3v) is 4.08. The first-order valence-corrected chi connectivity index (χ1v) is 6.89. The van der Waals surface area contributed by atoms with E-state index in [9.17, 15) is 4.79 Å². The average molecular weight is 253 g/mol. The molecule has 0 saturated heterocycles. The molecule has 0 fully saturated rings. The Kier molecular flexibility index (Phi) is 3.49. The fourth-order valence-corrected chi connectivity index (χ4v) is 3.06. The number of aromatic nitrogens is 1. The van der Waals surface area contributed by atoms with E-state index in [1.807, 2.05) is 20.8 Å². The summed E-state index contributed by atoms with van der Waals surface area (Å²) in [5.41, 5.74) is 0.622. The van der Waals surface area contributed by atoms with Gasteiger partial charge in [-0.05, 0) is 39.7 Å². The number of hydrogen-bond acceptors (Lipinski definition) is 4. The number of thiazole rings is 1. The maximum atomic E-state index is 12.0. The lowest BCUT2D eigenvalue weighted by Gasteiger charge is -2.23. The maximum Gasteiger partial charge on any atom is 0.245 e. The molecule has 0 atom stereocenters. The van der Waals surface area contributed by atoms with Crippen LogP contribution in [0, 0.1) is 0 Å². The molecule has 0 spiro atoms. The van der Waals surface area contributed by atoms with Crippen LogP contribution in [0.25, 0.3) is 0 Å². The summed E-state index contributed by atoms with van der Waals surface area (Å²) in [5.74, 6) is -0.0215. The van der Waals surface area contributed by atoms with Crippen molar-refractivity contribution in [1.82, 2.24) is 10.3 Å². The van der Waals surface area contributed by atoms with Crippen LogP contribution in [0.5, 0.6) is 0 Å². The largest absolute Gasteiger partial charge is 0.304 e. The van der Waals surface area contributed by atoms with E-state index in [1.165, 1.54) is 17.0 Å². The Balaban J connectivity index is 2.03. The van der Waals surface area contributed by atoms with Crippen LogP contribution in [0.3, 0.4) is 0 Å². The van der Waals surface area contributed by atoms with E-state index in [-0.39, 0.29) is 5.91 Å². The van der Waals surface area contributed by atoms with Crippen molar-refractivity contribution in [2.24, 2.45) is 0 Å². The Morgan fingerprint density at radius 1 is 1.47 bits per heavy atom. The van der Waals surface area contributed by atoms with Gasteiger partial charge in [0.15, 0.2) is 5.13 Å². The molecule has 0 saturated carbocycles. The van der Waals surface area contributed by atoms with E-state index >= 15 is 0 Å². The Hall–Kier alpha value is -0.940. The van der Waals surface area contributed by atoms with Gasteiger partial charge < -0.3 is 10.6 Å². The van der Waals surface area contributed by atoms with Crippen LogP contribution in [0.1, 0.15) is 37.8 Å². The van der Waals surface area contributed by atoms with Gasteiger partial charge in [-0.1, -0.05) is 6.92 Å². The highest BCUT2D eigenvalue weighted by Gasteiger charge is 2.27. The smallest absolute Gasteiger partial charge is 0.245 e. The standard InChI is InChI=1S/C12H19N3OS/c1-4-13-12(2,3)10(16)15-11-14-8-6-5-7-9(8)17-11/h13H,4-7H2,1-3H3,(H,14,15,16). The summed E-state index contributed by atoms with van der Waals surface area (Å²) >= 11 is 1.61. The number of anilines is 1. The Morgan fingerprint density at radius 3 is 2.88 bits per heavy atom. The van der Waals surface area contributed by atoms with Crippen LogP contribution in [0.15, 0.2) is 0 Å². The van der Waals surface area contributed by atoms with Crippen LogP contribution < -0.4 is 10.6 Å². The predicted molar refractivity (Wildman–Crippen MR) is 70.5 cm³/mol. The lowest BCUT2D eigenvalue weighted by atomic mass is 10.1. The Labute approximate surface area is 106 Å². The summed E-state index contributed by atoms with van der Waals surface area (Å²) in [6.45, 7) is 6.53. The van der Waals surface area contributed by atoms with Gasteiger partial charge in [0.2, 0.25) is 5.91 Å². The van der Waals surface area contributed by atoms with Gasteiger partial charge in [0.05, 0.1) is 11.2 Å². The monoisotopic (exact) mass is 253 g/mol. The third kappa shape index (κ3) is 2.66. The number of aryl methyl sites for hydroxylation is 2. The van der Waals surface area contributed by atoms with E-state index in [4.69, 9.17) is 0 Å². The number of likely N-dealkylation sites (N-methyl/N-ethyl adjacent to an activating group) is 1. The molecule has 0 unspecified atom stereocenters. The van der Waals surface area contributed by atoms with Gasteiger partial charge in [0, 0.05) is 4.88 Å². The molecule has 94 valence electrons. The summed E-state index contributed by atoms with van der Waals surface area (Å²) in [6, 6.07) is 0. The van der Waals surface area contributed by atoms with E-state index in [0.717, 1.165) is 24.5 Å². The normalized spacial score (nSPS) is 14.8. The second kappa shape index (κ2) is 4.74. The molecule has 17 heavy (non-hydrogen) atoms. The molecule has 0 aliphatic heterocycles. The number of fused-ring (bicyclic) bond motifs is 1. The number of nitrogens with one attached hydrogen (secondary N) is 2. The Bertz CT molecular complexity index is 404. The molecule has 4 nitrogen and oxygen atoms in total. The summed E-state index contributed by atoms with van der Waals surface area (Å²) in [5, 5.41) is 6.80. The van der Waals surface area contributed by atoms with E-state index in [0.29, 0.717) is 0 Å². The third-order valence-electron chi connectivity index (χ3n) is 3.00. The van der Waals surface area contributed by atoms with Gasteiger partial charge >= 0.3 is 0 Å². The molecule has 0 radical (unpaired) electrons. The molecule has 2 rings (SSSR count). The first-order chi connectivity index (χ1) is 8.03. The second-order valence-corrected chi connectivity index (χ2v) is 5.94. The summed E-state index contributed by atoms with van der Waals surface area (Å²) in [4.78, 5) is 17.8. The SMILES string of the molecule is CCNC(C)(C)C(=O)Nc1nc2c(s1)CCC2. The fraction of sp³-hybridized carbons (Fsp3) is 0.667. The van der Waals surface area contributed by atoms with Gasteiger partial charge in [-0.2, -0.15) is 0 Å². The van der Waals surface area contributed by atoms with Crippen LogP contribution in [0.2, 0.25) is 0 Å². The van der Waals surface area contributed by atoms with Crippen molar-refractivity contribution in [2.75, 3.05) is 11.9 Å². The molecule has 0 aromatic carbocycles. The minimum absolute atomic E-state index is 0.0215. The van der Waals surface area contributed by atoms with E-state index in [1.54, 1.807) is 11.3 Å². The second-order valence-electron chi connectivity index (χ2n) is 4.85. The van der Waals surface area contributed by atoms with Crippen LogP contribution >= 0.6 is 11.3 Å². The van der Waals surface area contributed by atoms with Crippen molar-refractivity contribution >= 4 is 22.4 Å². The van der Waals surface area contributed by atoms with Crippen LogP contribution in [-0.2, 0) is 17.6 Å². The topological polar surface area (TPSA) is 54.0 Å². The first kappa shape index (κ1) is 12.5. The molecule has 1 aromatic rings. The van der Waals surface area contributed by atoms with Gasteiger partial charge in [0.25, 0.3) is 0 Å². The first-order valence-electron chi connectivity index (χ1n) is 6.08. The molecule has 1 amide bonds. The zero-order valence-corrected chi connectivity index (χ0v) is 11.4. The average Bonchev–Trinajstić information content (AvgIpc) is 2.77. The minimum atomic E-state index is -0.551. The molecule has 0 bridgehead atoms. The molecule has 1 aliphatic carbocycles. The molecule has 1 heterocycles. The lowest BCUT2D eigenvalue weighted by molar-refractivity contribution is -0.121. The molecule has 1 aliphatic rings. The van der Waals surface area contributed by atoms with Crippen LogP contribution in [0.4, 0.5) is 5.13 Å². The molecular weight excluding hydrogens is 234 g/mol. The number of amides is 1. The number of carbonyl (C=O) groups is 1. The zero-order valence-electron chi connectivity index (χ0n) is 10.6. The highest BCUT2D eigenvalue weighted by Crippen LogP contribution is 2.30. The number of hydrogen-bond donors (Lipinski definition) is 2. The molecule has 2 N–H and O–H groups in total. The van der Waals surface area contributed by atoms with E-state index < -0.39 is 5.54 Å². The van der Waals surface area contributed by atoms with Crippen molar-refractivity contribution in [3.05, 3.63) is 10.6 Å². The van der Waals surface area contributed by atoms with Crippen molar-refractivity contribution in [1.29, 1.82) is 0 Å². The van der Waals surface area contributed by atoms with Crippen LogP contribution in [-0.4, -0.2) is 23.0 Å². The predicted octanol–water partition coefficient (Wildman–Crippen LogP) is 1.96. The number of nitrogens with zero attached hydrogens (tertiary/aromatic N) is 1. The number of rotatable bonds is 4. The fourth-order valence-electron chi connectivity index (χ4n) is 2.02. The van der Waals surface area contributed by atoms with Gasteiger partial charge in [-0.3, -0.25) is 4.79 Å². The summed E-state index contributed by atoms with van der Waals surface area (Å²) in [7, 11) is 0. The summed E-state index contributed by atoms with van der Waals surface area (Å²) < 4.78 is 0. The van der Waals surface area contributed by atoms with Crippen molar-refractivity contribution in [3.8, 4) is 0 Å². The van der Waals surface area contributed by atoms with Crippen molar-refractivity contribution < 1.29 is 4.79 Å². The van der Waals surface area contributed by atoms with Gasteiger partial charge in [-0.25, -0.2) is 4.98 Å². The van der Waals surface area contributed by atoms with Gasteiger partial charge in [0.1, 0.15) is 0 Å².